The first-order valence-corrected chi connectivity index (χ1v) is 10.4. The Morgan fingerprint density at radius 1 is 1.20 bits per heavy atom. The topological polar surface area (TPSA) is 16.1 Å². The van der Waals surface area contributed by atoms with Gasteiger partial charge in [-0.2, -0.15) is 24.9 Å². The number of thioether (sulfide) groups is 1. The van der Waals surface area contributed by atoms with Crippen LogP contribution in [0.25, 0.3) is 0 Å². The molecule has 0 amide bonds. The highest BCUT2D eigenvalue weighted by atomic mass is 32.2. The highest BCUT2D eigenvalue weighted by molar-refractivity contribution is 8.00. The fourth-order valence-corrected chi connectivity index (χ4v) is 6.04. The number of hydrogen-bond acceptors (Lipinski definition) is 3. The van der Waals surface area contributed by atoms with Crippen molar-refractivity contribution in [2.24, 2.45) is 5.41 Å². The average Bonchev–Trinajstić information content (AvgIpc) is 3.00. The van der Waals surface area contributed by atoms with Crippen LogP contribution in [-0.2, 0) is 6.18 Å². The van der Waals surface area contributed by atoms with Crippen LogP contribution in [0, 0.1) is 12.3 Å². The maximum absolute atomic E-state index is 12.8. The largest absolute Gasteiger partial charge is 0.417 e. The number of alkyl halides is 3. The van der Waals surface area contributed by atoms with E-state index in [1.807, 2.05) is 0 Å². The van der Waals surface area contributed by atoms with Gasteiger partial charge in [0, 0.05) is 47.3 Å². The molecule has 0 unspecified atom stereocenters. The van der Waals surface area contributed by atoms with Crippen LogP contribution in [0.15, 0.2) is 12.3 Å². The zero-order valence-corrected chi connectivity index (χ0v) is 15.4. The van der Waals surface area contributed by atoms with Crippen molar-refractivity contribution >= 4 is 11.8 Å². The standard InChI is InChI=1S/C19H25F3N2S/c1-13-8-15(19(20,21)22)9-23-17(13)14-2-4-16(5-3-14)24-7-6-18(10-24)11-25-12-18/h8-9,14,16H,2-7,10-12H2,1H3. The first kappa shape index (κ1) is 17.7. The van der Waals surface area contributed by atoms with Crippen LogP contribution in [0.1, 0.15) is 54.8 Å². The normalized spacial score (nSPS) is 29.8. The summed E-state index contributed by atoms with van der Waals surface area (Å²) in [5.41, 5.74) is 1.53. The van der Waals surface area contributed by atoms with E-state index in [9.17, 15) is 13.2 Å². The van der Waals surface area contributed by atoms with Crippen LogP contribution < -0.4 is 0 Å². The Kier molecular flexibility index (Phi) is 4.55. The van der Waals surface area contributed by atoms with Crippen molar-refractivity contribution in [1.82, 2.24) is 9.88 Å². The lowest BCUT2D eigenvalue weighted by Crippen LogP contribution is -2.42. The Bertz CT molecular complexity index is 634. The molecule has 0 aromatic carbocycles. The number of aryl methyl sites for hydroxylation is 1. The summed E-state index contributed by atoms with van der Waals surface area (Å²) < 4.78 is 38.4. The SMILES string of the molecule is Cc1cc(C(F)(F)F)cnc1C1CCC(N2CCC3(CSC3)C2)CC1. The molecule has 3 heterocycles. The molecule has 4 rings (SSSR count). The Morgan fingerprint density at radius 3 is 2.44 bits per heavy atom. The van der Waals surface area contributed by atoms with Gasteiger partial charge in [0.1, 0.15) is 0 Å². The highest BCUT2D eigenvalue weighted by Crippen LogP contribution is 2.47. The Balaban J connectivity index is 1.37. The van der Waals surface area contributed by atoms with E-state index in [-0.39, 0.29) is 0 Å². The van der Waals surface area contributed by atoms with Gasteiger partial charge in [0.25, 0.3) is 0 Å². The molecule has 2 nitrogen and oxygen atoms in total. The van der Waals surface area contributed by atoms with Gasteiger partial charge in [-0.1, -0.05) is 0 Å². The second-order valence-corrected chi connectivity index (χ2v) is 9.13. The Morgan fingerprint density at radius 2 is 1.92 bits per heavy atom. The molecule has 0 N–H and O–H groups in total. The van der Waals surface area contributed by atoms with E-state index in [4.69, 9.17) is 0 Å². The molecule has 0 bridgehead atoms. The molecule has 138 valence electrons. The maximum Gasteiger partial charge on any atom is 0.417 e. The fraction of sp³-hybridized carbons (Fsp3) is 0.737. The van der Waals surface area contributed by atoms with Gasteiger partial charge < -0.3 is 0 Å². The molecule has 1 aromatic heterocycles. The van der Waals surface area contributed by atoms with Crippen molar-refractivity contribution in [3.8, 4) is 0 Å². The van der Waals surface area contributed by atoms with Crippen molar-refractivity contribution in [2.45, 2.75) is 57.2 Å². The number of rotatable bonds is 2. The predicted molar refractivity (Wildman–Crippen MR) is 94.9 cm³/mol. The van der Waals surface area contributed by atoms with Gasteiger partial charge in [-0.3, -0.25) is 9.88 Å². The summed E-state index contributed by atoms with van der Waals surface area (Å²) in [6.07, 6.45) is 2.43. The van der Waals surface area contributed by atoms with Gasteiger partial charge in [0.2, 0.25) is 0 Å². The number of pyridine rings is 1. The zero-order valence-electron chi connectivity index (χ0n) is 14.6. The quantitative estimate of drug-likeness (QED) is 0.739. The van der Waals surface area contributed by atoms with Crippen LogP contribution in [0.2, 0.25) is 0 Å². The fourth-order valence-electron chi connectivity index (χ4n) is 4.79. The summed E-state index contributed by atoms with van der Waals surface area (Å²) >= 11 is 2.07. The van der Waals surface area contributed by atoms with Crippen LogP contribution in [0.4, 0.5) is 13.2 Å². The average molecular weight is 370 g/mol. The van der Waals surface area contributed by atoms with Gasteiger partial charge in [0.15, 0.2) is 0 Å². The molecule has 2 saturated heterocycles. The highest BCUT2D eigenvalue weighted by Gasteiger charge is 2.45. The summed E-state index contributed by atoms with van der Waals surface area (Å²) in [7, 11) is 0. The molecule has 1 aliphatic carbocycles. The second kappa shape index (κ2) is 6.45. The minimum absolute atomic E-state index is 0.314. The van der Waals surface area contributed by atoms with Gasteiger partial charge in [0.05, 0.1) is 5.56 Å². The molecular weight excluding hydrogens is 345 g/mol. The third-order valence-electron chi connectivity index (χ3n) is 6.33. The van der Waals surface area contributed by atoms with Gasteiger partial charge in [-0.15, -0.1) is 0 Å². The first-order chi connectivity index (χ1) is 11.9. The molecular formula is C19H25F3N2S. The van der Waals surface area contributed by atoms with Crippen molar-refractivity contribution < 1.29 is 13.2 Å². The molecule has 0 atom stereocenters. The van der Waals surface area contributed by atoms with Crippen molar-refractivity contribution in [3.05, 3.63) is 29.1 Å². The lowest BCUT2D eigenvalue weighted by molar-refractivity contribution is -0.137. The molecule has 25 heavy (non-hydrogen) atoms. The minimum atomic E-state index is -4.31. The molecule has 1 saturated carbocycles. The lowest BCUT2D eigenvalue weighted by Gasteiger charge is -2.40. The number of hydrogen-bond donors (Lipinski definition) is 0. The first-order valence-electron chi connectivity index (χ1n) is 9.22. The van der Waals surface area contributed by atoms with Gasteiger partial charge >= 0.3 is 6.18 Å². The van der Waals surface area contributed by atoms with Gasteiger partial charge in [-0.05, 0) is 57.2 Å². The summed E-state index contributed by atoms with van der Waals surface area (Å²) in [4.78, 5) is 6.88. The summed E-state index contributed by atoms with van der Waals surface area (Å²) in [5, 5.41) is 0. The molecule has 1 aromatic rings. The summed E-state index contributed by atoms with van der Waals surface area (Å²) in [6.45, 7) is 4.25. The Labute approximate surface area is 151 Å². The van der Waals surface area contributed by atoms with E-state index >= 15 is 0 Å². The van der Waals surface area contributed by atoms with E-state index in [1.165, 1.54) is 37.1 Å². The maximum atomic E-state index is 12.8. The van der Waals surface area contributed by atoms with Gasteiger partial charge in [-0.25, -0.2) is 0 Å². The van der Waals surface area contributed by atoms with Crippen LogP contribution in [0.3, 0.4) is 0 Å². The van der Waals surface area contributed by atoms with Crippen LogP contribution in [-0.4, -0.2) is 40.5 Å². The number of nitrogens with zero attached hydrogens (tertiary/aromatic N) is 2. The predicted octanol–water partition coefficient (Wildman–Crippen LogP) is 4.87. The monoisotopic (exact) mass is 370 g/mol. The van der Waals surface area contributed by atoms with Crippen LogP contribution >= 0.6 is 11.8 Å². The van der Waals surface area contributed by atoms with Crippen molar-refractivity contribution in [2.75, 3.05) is 24.6 Å². The van der Waals surface area contributed by atoms with Crippen molar-refractivity contribution in [3.63, 3.8) is 0 Å². The van der Waals surface area contributed by atoms with E-state index < -0.39 is 11.7 Å². The molecule has 0 radical (unpaired) electrons. The third kappa shape index (κ3) is 3.44. The molecule has 1 spiro atoms. The molecule has 2 aliphatic heterocycles. The number of halogens is 3. The molecule has 3 fully saturated rings. The van der Waals surface area contributed by atoms with Crippen LogP contribution in [0.5, 0.6) is 0 Å². The lowest BCUT2D eigenvalue weighted by atomic mass is 9.82. The summed E-state index contributed by atoms with van der Waals surface area (Å²) in [5.74, 6) is 2.97. The van der Waals surface area contributed by atoms with E-state index in [2.05, 4.69) is 21.6 Å². The Hall–Kier alpha value is -0.750. The molecule has 6 heteroatoms. The second-order valence-electron chi connectivity index (χ2n) is 8.14. The van der Waals surface area contributed by atoms with E-state index in [0.717, 1.165) is 37.6 Å². The number of aromatic nitrogens is 1. The summed E-state index contributed by atoms with van der Waals surface area (Å²) in [6, 6.07) is 1.92. The van der Waals surface area contributed by atoms with E-state index in [0.29, 0.717) is 22.9 Å². The zero-order chi connectivity index (χ0) is 17.7. The van der Waals surface area contributed by atoms with Crippen molar-refractivity contribution in [1.29, 1.82) is 0 Å². The smallest absolute Gasteiger partial charge is 0.300 e. The van der Waals surface area contributed by atoms with E-state index in [1.54, 1.807) is 6.92 Å². The number of likely N-dealkylation sites (tertiary alicyclic amines) is 1. The third-order valence-corrected chi connectivity index (χ3v) is 7.96. The molecule has 3 aliphatic rings. The minimum Gasteiger partial charge on any atom is -0.300 e.